The zero-order valence-corrected chi connectivity index (χ0v) is 15.5. The third-order valence-corrected chi connectivity index (χ3v) is 4.03. The number of benzene rings is 1. The van der Waals surface area contributed by atoms with Crippen LogP contribution in [0.25, 0.3) is 22.2 Å². The number of rotatable bonds is 5. The third kappa shape index (κ3) is 5.98. The minimum atomic E-state index is -4.41. The van der Waals surface area contributed by atoms with Crippen molar-refractivity contribution < 1.29 is 32.5 Å². The number of hydrogen-bond donors (Lipinski definition) is 1. The number of carboxylic acids is 1. The van der Waals surface area contributed by atoms with Crippen molar-refractivity contribution in [3.63, 3.8) is 0 Å². The molecule has 1 aromatic carbocycles. The first-order valence-electron chi connectivity index (χ1n) is 7.81. The van der Waals surface area contributed by atoms with E-state index < -0.39 is 17.9 Å². The van der Waals surface area contributed by atoms with E-state index in [1.165, 1.54) is 11.7 Å². The molecule has 0 bridgehead atoms. The van der Waals surface area contributed by atoms with Gasteiger partial charge in [-0.05, 0) is 22.8 Å². The highest BCUT2D eigenvalue weighted by Gasteiger charge is 2.33. The van der Waals surface area contributed by atoms with Gasteiger partial charge < -0.3 is 9.84 Å². The zero-order chi connectivity index (χ0) is 20.7. The number of aromatic nitrogens is 4. The van der Waals surface area contributed by atoms with E-state index in [1.54, 1.807) is 17.1 Å². The van der Waals surface area contributed by atoms with E-state index in [2.05, 4.69) is 25.2 Å². The summed E-state index contributed by atoms with van der Waals surface area (Å²) in [7, 11) is 0.926. The summed E-state index contributed by atoms with van der Waals surface area (Å²) in [5, 5.41) is 12.8. The molecule has 0 aliphatic heterocycles. The lowest BCUT2D eigenvalue weighted by atomic mass is 10.1. The van der Waals surface area contributed by atoms with E-state index in [-0.39, 0.29) is 6.42 Å². The third-order valence-electron chi connectivity index (χ3n) is 3.48. The van der Waals surface area contributed by atoms with Crippen LogP contribution in [0.1, 0.15) is 6.42 Å². The van der Waals surface area contributed by atoms with Crippen LogP contribution in [0.4, 0.5) is 13.2 Å². The molecule has 0 atom stereocenters. The summed E-state index contributed by atoms with van der Waals surface area (Å²) in [4.78, 5) is 10.5. The second-order valence-corrected chi connectivity index (χ2v) is 5.94. The minimum absolute atomic E-state index is 0.0630. The van der Waals surface area contributed by atoms with Gasteiger partial charge in [0.05, 0.1) is 18.8 Å². The van der Waals surface area contributed by atoms with Gasteiger partial charge >= 0.3 is 12.1 Å². The fourth-order valence-electron chi connectivity index (χ4n) is 1.97. The normalized spacial score (nSPS) is 10.9. The molecular weight excluding hydrogens is 397 g/mol. The average molecular weight is 413 g/mol. The highest BCUT2D eigenvalue weighted by molar-refractivity contribution is 7.00. The largest absolute Gasteiger partial charge is 0.493 e. The molecule has 28 heavy (non-hydrogen) atoms. The quantitative estimate of drug-likeness (QED) is 0.510. The van der Waals surface area contributed by atoms with Crippen molar-refractivity contribution in [2.24, 2.45) is 0 Å². The molecule has 0 unspecified atom stereocenters. The van der Waals surface area contributed by atoms with Crippen molar-refractivity contribution in [2.45, 2.75) is 19.1 Å². The number of halogens is 3. The van der Waals surface area contributed by atoms with E-state index in [9.17, 15) is 18.0 Å². The van der Waals surface area contributed by atoms with Crippen LogP contribution in [0.5, 0.6) is 0 Å². The van der Waals surface area contributed by atoms with Crippen molar-refractivity contribution in [3.05, 3.63) is 49.0 Å². The number of aryl methyl sites for hydroxylation is 1. The predicted octanol–water partition coefficient (Wildman–Crippen LogP) is 3.22. The second kappa shape index (κ2) is 9.22. The van der Waals surface area contributed by atoms with Crippen LogP contribution in [-0.4, -0.2) is 38.2 Å². The summed E-state index contributed by atoms with van der Waals surface area (Å²) >= 11 is 1.19. The molecule has 0 saturated heterocycles. The number of nitrogens with zero attached hydrogens (tertiary/aromatic N) is 4. The molecule has 3 rings (SSSR count). The van der Waals surface area contributed by atoms with Gasteiger partial charge in [-0.2, -0.15) is 21.9 Å². The van der Waals surface area contributed by atoms with E-state index in [0.717, 1.165) is 29.3 Å². The molecule has 3 aromatic rings. The molecular formula is C17H16F3N4O3S+. The van der Waals surface area contributed by atoms with E-state index in [4.69, 9.17) is 5.11 Å². The lowest BCUT2D eigenvalue weighted by Gasteiger charge is -2.06. The van der Waals surface area contributed by atoms with Gasteiger partial charge in [0.15, 0.2) is 18.5 Å². The molecule has 11 heteroatoms. The standard InChI is InChI=1S/C13H10N4O2S.C4H5F3O/c18-13(19)4-6-17-5-3-10(8-14-17)9-1-2-11-12(7-9)16-20-15-11;1-3(8-2)4(5,6)7/h1-3,5,7-8H,4,6H2;1H2,2H3/p+1. The number of alkyl halides is 3. The van der Waals surface area contributed by atoms with Gasteiger partial charge in [-0.3, -0.25) is 4.79 Å². The Labute approximate surface area is 162 Å². The molecule has 0 saturated carbocycles. The van der Waals surface area contributed by atoms with Gasteiger partial charge in [0.25, 0.3) is 0 Å². The molecule has 0 aliphatic rings. The van der Waals surface area contributed by atoms with Crippen LogP contribution in [0.2, 0.25) is 0 Å². The van der Waals surface area contributed by atoms with Crippen molar-refractivity contribution in [2.75, 3.05) is 7.11 Å². The number of fused-ring (bicyclic) bond motifs is 1. The van der Waals surface area contributed by atoms with Crippen molar-refractivity contribution >= 4 is 28.7 Å². The van der Waals surface area contributed by atoms with Crippen LogP contribution in [0, 0.1) is 0 Å². The van der Waals surface area contributed by atoms with Gasteiger partial charge in [0.1, 0.15) is 23.7 Å². The van der Waals surface area contributed by atoms with Crippen LogP contribution < -0.4 is 4.68 Å². The molecule has 0 amide bonds. The molecule has 0 aliphatic carbocycles. The molecule has 0 fully saturated rings. The first kappa shape index (κ1) is 21.2. The lowest BCUT2D eigenvalue weighted by molar-refractivity contribution is -0.752. The minimum Gasteiger partial charge on any atom is -0.493 e. The van der Waals surface area contributed by atoms with Crippen LogP contribution in [-0.2, 0) is 16.1 Å². The summed E-state index contributed by atoms with van der Waals surface area (Å²) in [6.45, 7) is 2.96. The maximum atomic E-state index is 11.2. The number of carbonyl (C=O) groups is 1. The molecule has 7 nitrogen and oxygen atoms in total. The predicted molar refractivity (Wildman–Crippen MR) is 95.3 cm³/mol. The molecule has 0 radical (unpaired) electrons. The Kier molecular flexibility index (Phi) is 6.99. The Morgan fingerprint density at radius 1 is 1.25 bits per heavy atom. The summed E-state index contributed by atoms with van der Waals surface area (Å²) in [6, 6.07) is 7.79. The lowest BCUT2D eigenvalue weighted by Crippen LogP contribution is -2.38. The molecule has 0 spiro atoms. The Balaban J connectivity index is 0.000000300. The highest BCUT2D eigenvalue weighted by atomic mass is 32.1. The number of methoxy groups -OCH3 is 1. The number of hydrogen-bond acceptors (Lipinski definition) is 6. The fourth-order valence-corrected chi connectivity index (χ4v) is 2.49. The number of carboxylic acid groups (broad SMARTS) is 1. The van der Waals surface area contributed by atoms with Crippen molar-refractivity contribution in [1.29, 1.82) is 0 Å². The Bertz CT molecular complexity index is 958. The summed E-state index contributed by atoms with van der Waals surface area (Å²) in [5.41, 5.74) is 3.74. The Hall–Kier alpha value is -3.08. The van der Waals surface area contributed by atoms with E-state index >= 15 is 0 Å². The summed E-state index contributed by atoms with van der Waals surface area (Å²) < 4.78 is 47.5. The average Bonchev–Trinajstić information content (AvgIpc) is 3.13. The first-order chi connectivity index (χ1) is 13.2. The molecule has 2 aromatic heterocycles. The van der Waals surface area contributed by atoms with Gasteiger partial charge in [0.2, 0.25) is 0 Å². The van der Waals surface area contributed by atoms with Crippen molar-refractivity contribution in [1.82, 2.24) is 13.8 Å². The maximum absolute atomic E-state index is 11.2. The topological polar surface area (TPSA) is 89.1 Å². The van der Waals surface area contributed by atoms with Gasteiger partial charge in [-0.1, -0.05) is 17.3 Å². The monoisotopic (exact) mass is 413 g/mol. The zero-order valence-electron chi connectivity index (χ0n) is 14.7. The second-order valence-electron chi connectivity index (χ2n) is 5.42. The molecule has 2 heterocycles. The van der Waals surface area contributed by atoms with Crippen LogP contribution in [0.3, 0.4) is 0 Å². The van der Waals surface area contributed by atoms with Gasteiger partial charge in [-0.15, -0.1) is 0 Å². The van der Waals surface area contributed by atoms with Gasteiger partial charge in [-0.25, -0.2) is 0 Å². The number of allylic oxidation sites excluding steroid dienone is 1. The number of aliphatic carboxylic acids is 1. The Morgan fingerprint density at radius 3 is 2.50 bits per heavy atom. The SMILES string of the molecule is C=C(OC)C(F)(F)F.O=C(O)CC[n+]1ccc(-c2ccc3nsnc3c2)cn1. The highest BCUT2D eigenvalue weighted by Crippen LogP contribution is 2.23. The van der Waals surface area contributed by atoms with Crippen LogP contribution >= 0.6 is 11.7 Å². The fraction of sp³-hybridized carbons (Fsp3) is 0.235. The van der Waals surface area contributed by atoms with Crippen LogP contribution in [0.15, 0.2) is 49.0 Å². The van der Waals surface area contributed by atoms with Gasteiger partial charge in [0, 0.05) is 11.6 Å². The first-order valence-corrected chi connectivity index (χ1v) is 8.54. The summed E-state index contributed by atoms with van der Waals surface area (Å²) in [5.74, 6) is -2.00. The van der Waals surface area contributed by atoms with E-state index in [0.29, 0.717) is 6.54 Å². The van der Waals surface area contributed by atoms with Crippen molar-refractivity contribution in [3.8, 4) is 11.1 Å². The molecule has 148 valence electrons. The van der Waals surface area contributed by atoms with E-state index in [1.807, 2.05) is 24.3 Å². The maximum Gasteiger partial charge on any atom is 0.448 e. The smallest absolute Gasteiger partial charge is 0.448 e. The summed E-state index contributed by atoms with van der Waals surface area (Å²) in [6.07, 6.45) is -0.840. The Morgan fingerprint density at radius 2 is 1.96 bits per heavy atom. The number of ether oxygens (including phenoxy) is 1. The molecule has 1 N–H and O–H groups in total.